The van der Waals surface area contributed by atoms with E-state index in [-0.39, 0.29) is 0 Å². The predicted octanol–water partition coefficient (Wildman–Crippen LogP) is 7.33. The van der Waals surface area contributed by atoms with E-state index in [2.05, 4.69) is 58.5 Å². The minimum absolute atomic E-state index is 0.669. The molecule has 0 aromatic heterocycles. The normalized spacial score (nSPS) is 28.8. The molecule has 2 nitrogen and oxygen atoms in total. The van der Waals surface area contributed by atoms with Crippen molar-refractivity contribution in [2.45, 2.75) is 113 Å². The van der Waals surface area contributed by atoms with Crippen LogP contribution in [0.3, 0.4) is 0 Å². The van der Waals surface area contributed by atoms with Gasteiger partial charge in [0.2, 0.25) is 0 Å². The van der Waals surface area contributed by atoms with Crippen LogP contribution >= 0.6 is 0 Å². The first-order valence-corrected chi connectivity index (χ1v) is 12.5. The maximum absolute atomic E-state index is 2.47. The van der Waals surface area contributed by atoms with Gasteiger partial charge < -0.3 is 9.80 Å². The number of piperidine rings is 1. The van der Waals surface area contributed by atoms with Crippen molar-refractivity contribution in [1.29, 1.82) is 0 Å². The predicted molar refractivity (Wildman–Crippen MR) is 129 cm³/mol. The van der Waals surface area contributed by atoms with Gasteiger partial charge >= 0.3 is 0 Å². The lowest BCUT2D eigenvalue weighted by molar-refractivity contribution is 0.000967. The van der Waals surface area contributed by atoms with Crippen LogP contribution in [0.5, 0.6) is 0 Å². The Kier molecular flexibility index (Phi) is 13.2. The van der Waals surface area contributed by atoms with Crippen LogP contribution in [0.2, 0.25) is 0 Å². The monoisotopic (exact) mass is 396 g/mol. The van der Waals surface area contributed by atoms with E-state index < -0.39 is 0 Å². The van der Waals surface area contributed by atoms with E-state index in [4.69, 9.17) is 0 Å². The Bertz CT molecular complexity index is 368. The maximum atomic E-state index is 2.47. The summed E-state index contributed by atoms with van der Waals surface area (Å²) in [6.45, 7) is 23.7. The summed E-state index contributed by atoms with van der Waals surface area (Å²) in [6, 6.07) is 0.695. The minimum Gasteiger partial charge on any atom is -0.306 e. The van der Waals surface area contributed by atoms with Crippen molar-refractivity contribution in [3.8, 4) is 0 Å². The fraction of sp³-hybridized carbons (Fsp3) is 1.00. The summed E-state index contributed by atoms with van der Waals surface area (Å²) in [4.78, 5) is 4.92. The highest BCUT2D eigenvalue weighted by Gasteiger charge is 2.43. The quantitative estimate of drug-likeness (QED) is 0.490. The molecule has 0 unspecified atom stereocenters. The van der Waals surface area contributed by atoms with Crippen molar-refractivity contribution >= 4 is 0 Å². The summed E-state index contributed by atoms with van der Waals surface area (Å²) < 4.78 is 0. The first-order chi connectivity index (χ1) is 13.1. The van der Waals surface area contributed by atoms with Crippen LogP contribution < -0.4 is 0 Å². The summed E-state index contributed by atoms with van der Waals surface area (Å²) in [5, 5.41) is 0. The van der Waals surface area contributed by atoms with Crippen LogP contribution in [0.4, 0.5) is 0 Å². The highest BCUT2D eigenvalue weighted by molar-refractivity contribution is 4.94. The first kappa shape index (κ1) is 27.9. The van der Waals surface area contributed by atoms with Crippen molar-refractivity contribution in [1.82, 2.24) is 9.80 Å². The minimum atomic E-state index is 0.669. The molecule has 1 aliphatic heterocycles. The van der Waals surface area contributed by atoms with E-state index in [1.165, 1.54) is 64.6 Å². The zero-order valence-corrected chi connectivity index (χ0v) is 21.7. The molecule has 2 aliphatic carbocycles. The Morgan fingerprint density at radius 3 is 1.68 bits per heavy atom. The molecule has 0 radical (unpaired) electrons. The number of hydrogen-bond acceptors (Lipinski definition) is 2. The fourth-order valence-corrected chi connectivity index (χ4v) is 5.45. The molecule has 0 aromatic rings. The lowest BCUT2D eigenvalue weighted by Gasteiger charge is -2.51. The molecular weight excluding hydrogens is 340 g/mol. The fourth-order valence-electron chi connectivity index (χ4n) is 5.45. The van der Waals surface area contributed by atoms with E-state index in [1.807, 2.05) is 27.7 Å². The largest absolute Gasteiger partial charge is 0.306 e. The zero-order valence-electron chi connectivity index (χ0n) is 21.7. The number of likely N-dealkylation sites (tertiary alicyclic amines) is 1. The van der Waals surface area contributed by atoms with Crippen LogP contribution in [0, 0.1) is 22.7 Å². The van der Waals surface area contributed by atoms with E-state index in [0.717, 1.165) is 17.3 Å². The average molecular weight is 397 g/mol. The zero-order chi connectivity index (χ0) is 22.0. The molecule has 1 heterocycles. The maximum Gasteiger partial charge on any atom is 0.00355 e. The van der Waals surface area contributed by atoms with Gasteiger partial charge in [0.15, 0.2) is 0 Å². The Morgan fingerprint density at radius 1 is 0.893 bits per heavy atom. The summed E-state index contributed by atoms with van der Waals surface area (Å²) in [7, 11) is 4.48. The molecule has 3 fully saturated rings. The van der Waals surface area contributed by atoms with Gasteiger partial charge in [0.25, 0.3) is 0 Å². The van der Waals surface area contributed by atoms with Crippen LogP contribution in [0.15, 0.2) is 0 Å². The van der Waals surface area contributed by atoms with Crippen molar-refractivity contribution in [2.24, 2.45) is 22.7 Å². The summed E-state index contributed by atoms with van der Waals surface area (Å²) >= 11 is 0. The van der Waals surface area contributed by atoms with E-state index in [0.29, 0.717) is 11.5 Å². The van der Waals surface area contributed by atoms with Gasteiger partial charge in [0.1, 0.15) is 0 Å². The van der Waals surface area contributed by atoms with Crippen molar-refractivity contribution < 1.29 is 0 Å². The van der Waals surface area contributed by atoms with Crippen LogP contribution in [-0.2, 0) is 0 Å². The molecule has 28 heavy (non-hydrogen) atoms. The lowest BCUT2D eigenvalue weighted by atomic mass is 9.58. The number of nitrogens with zero attached hydrogens (tertiary/aromatic N) is 2. The number of hydrogen-bond donors (Lipinski definition) is 0. The second-order valence-electron chi connectivity index (χ2n) is 10.5. The molecule has 2 saturated carbocycles. The molecule has 3 aliphatic rings. The molecule has 0 aromatic carbocycles. The molecule has 0 bridgehead atoms. The molecule has 0 N–H and O–H groups in total. The third kappa shape index (κ3) is 9.16. The van der Waals surface area contributed by atoms with Gasteiger partial charge in [-0.2, -0.15) is 0 Å². The molecule has 1 saturated heterocycles. The highest BCUT2D eigenvalue weighted by atomic mass is 15.1. The van der Waals surface area contributed by atoms with Gasteiger partial charge in [-0.25, -0.2) is 0 Å². The summed E-state index contributed by atoms with van der Waals surface area (Å²) in [6.07, 6.45) is 10.2. The van der Waals surface area contributed by atoms with Crippen molar-refractivity contribution in [2.75, 3.05) is 33.7 Å². The smallest absolute Gasteiger partial charge is 0.00355 e. The first-order valence-electron chi connectivity index (χ1n) is 12.5. The topological polar surface area (TPSA) is 6.48 Å². The Balaban J connectivity index is 0.000000445. The standard InChI is InChI=1S/C12H25N.C10H19N.2C2H6/c1-10(2)13(5)7-6-12(4)8-11(3)9-12;1-9-7-10(8-9)3-5-11(2)6-4-10;2*1-2/h10-11H,6-9H2,1-5H3;9H,3-8H2,1-2H3;2*1-2H3. The molecule has 2 heteroatoms. The molecule has 170 valence electrons. The van der Waals surface area contributed by atoms with Crippen LogP contribution in [-0.4, -0.2) is 49.6 Å². The van der Waals surface area contributed by atoms with E-state index in [1.54, 1.807) is 0 Å². The Labute approximate surface area is 179 Å². The SMILES string of the molecule is CC.CC.CC1CC(C)(CCN(C)C(C)C)C1.CC1CC2(CCN(C)CC2)C1. The second kappa shape index (κ2) is 13.3. The van der Waals surface area contributed by atoms with Gasteiger partial charge in [-0.05, 0) is 115 Å². The van der Waals surface area contributed by atoms with Gasteiger partial charge in [-0.1, -0.05) is 48.5 Å². The Hall–Kier alpha value is -0.0800. The van der Waals surface area contributed by atoms with Gasteiger partial charge in [-0.3, -0.25) is 0 Å². The Morgan fingerprint density at radius 2 is 1.32 bits per heavy atom. The second-order valence-corrected chi connectivity index (χ2v) is 10.5. The molecular formula is C26H56N2. The van der Waals surface area contributed by atoms with E-state index >= 15 is 0 Å². The summed E-state index contributed by atoms with van der Waals surface area (Å²) in [5.74, 6) is 2.01. The molecule has 1 spiro atoms. The average Bonchev–Trinajstić information content (AvgIpc) is 2.63. The molecule has 0 atom stereocenters. The lowest BCUT2D eigenvalue weighted by Crippen LogP contribution is -2.45. The summed E-state index contributed by atoms with van der Waals surface area (Å²) in [5.41, 5.74) is 1.48. The third-order valence-electron chi connectivity index (χ3n) is 7.24. The van der Waals surface area contributed by atoms with Crippen molar-refractivity contribution in [3.05, 3.63) is 0 Å². The van der Waals surface area contributed by atoms with Crippen LogP contribution in [0.25, 0.3) is 0 Å². The van der Waals surface area contributed by atoms with Gasteiger partial charge in [-0.15, -0.1) is 0 Å². The molecule has 3 rings (SSSR count). The molecule has 0 amide bonds. The third-order valence-corrected chi connectivity index (χ3v) is 7.24. The highest BCUT2D eigenvalue weighted by Crippen LogP contribution is 2.52. The van der Waals surface area contributed by atoms with Gasteiger partial charge in [0, 0.05) is 6.04 Å². The van der Waals surface area contributed by atoms with Gasteiger partial charge in [0.05, 0.1) is 0 Å². The van der Waals surface area contributed by atoms with Crippen LogP contribution in [0.1, 0.15) is 107 Å². The van der Waals surface area contributed by atoms with E-state index in [9.17, 15) is 0 Å². The number of rotatable bonds is 4. The van der Waals surface area contributed by atoms with Crippen molar-refractivity contribution in [3.63, 3.8) is 0 Å².